The van der Waals surface area contributed by atoms with E-state index in [1.165, 1.54) is 0 Å². The standard InChI is InChI=1S/C19H23N3O2/c1-3-22(4-2)17-12-10-15(11-13-17)14-20-21-19(24)18(23)16-8-6-5-7-9-16/h5-14,18,23H,3-4H2,1-2H3,(H,21,24)/t18-/m0/s1. The van der Waals surface area contributed by atoms with E-state index < -0.39 is 12.0 Å². The SMILES string of the molecule is CCN(CC)c1ccc(C=NNC(=O)[C@@H](O)c2ccccc2)cc1. The van der Waals surface area contributed by atoms with Crippen molar-refractivity contribution in [2.75, 3.05) is 18.0 Å². The van der Waals surface area contributed by atoms with Gasteiger partial charge in [0.1, 0.15) is 0 Å². The summed E-state index contributed by atoms with van der Waals surface area (Å²) >= 11 is 0. The molecule has 126 valence electrons. The predicted octanol–water partition coefficient (Wildman–Crippen LogP) is 2.72. The van der Waals surface area contributed by atoms with E-state index in [1.807, 2.05) is 30.3 Å². The van der Waals surface area contributed by atoms with Crippen LogP contribution in [0.1, 0.15) is 31.1 Å². The molecule has 0 aliphatic carbocycles. The molecule has 5 heteroatoms. The van der Waals surface area contributed by atoms with E-state index in [0.717, 1.165) is 24.3 Å². The summed E-state index contributed by atoms with van der Waals surface area (Å²) in [5, 5.41) is 13.9. The van der Waals surface area contributed by atoms with E-state index in [0.29, 0.717) is 5.56 Å². The van der Waals surface area contributed by atoms with Gasteiger partial charge in [0.05, 0.1) is 6.21 Å². The summed E-state index contributed by atoms with van der Waals surface area (Å²) in [4.78, 5) is 14.1. The van der Waals surface area contributed by atoms with E-state index in [2.05, 4.69) is 29.3 Å². The van der Waals surface area contributed by atoms with Crippen molar-refractivity contribution in [2.45, 2.75) is 20.0 Å². The Bertz CT molecular complexity index is 665. The van der Waals surface area contributed by atoms with Crippen LogP contribution in [0, 0.1) is 0 Å². The maximum atomic E-state index is 11.9. The smallest absolute Gasteiger partial charge is 0.273 e. The molecule has 0 heterocycles. The van der Waals surface area contributed by atoms with Crippen LogP contribution >= 0.6 is 0 Å². The fourth-order valence-electron chi connectivity index (χ4n) is 2.38. The molecule has 2 N–H and O–H groups in total. The summed E-state index contributed by atoms with van der Waals surface area (Å²) < 4.78 is 0. The first kappa shape index (κ1) is 17.7. The number of nitrogens with one attached hydrogen (secondary N) is 1. The summed E-state index contributed by atoms with van der Waals surface area (Å²) in [6, 6.07) is 16.7. The number of hydrogen-bond acceptors (Lipinski definition) is 4. The van der Waals surface area contributed by atoms with Gasteiger partial charge in [-0.2, -0.15) is 5.10 Å². The van der Waals surface area contributed by atoms with Crippen molar-refractivity contribution in [3.63, 3.8) is 0 Å². The molecule has 0 spiro atoms. The summed E-state index contributed by atoms with van der Waals surface area (Å²) in [7, 11) is 0. The van der Waals surface area contributed by atoms with Gasteiger partial charge < -0.3 is 10.0 Å². The Balaban J connectivity index is 1.93. The number of nitrogens with zero attached hydrogens (tertiary/aromatic N) is 2. The fraction of sp³-hybridized carbons (Fsp3) is 0.263. The lowest BCUT2D eigenvalue weighted by Gasteiger charge is -2.20. The average molecular weight is 325 g/mol. The van der Waals surface area contributed by atoms with Gasteiger partial charge in [0, 0.05) is 18.8 Å². The number of carbonyl (C=O) groups is 1. The first-order valence-electron chi connectivity index (χ1n) is 8.06. The van der Waals surface area contributed by atoms with Gasteiger partial charge >= 0.3 is 0 Å². The first-order chi connectivity index (χ1) is 11.7. The predicted molar refractivity (Wildman–Crippen MR) is 97.1 cm³/mol. The second-order valence-electron chi connectivity index (χ2n) is 5.31. The molecular formula is C19H23N3O2. The third kappa shape index (κ3) is 4.67. The fourth-order valence-corrected chi connectivity index (χ4v) is 2.38. The zero-order valence-electron chi connectivity index (χ0n) is 14.0. The van der Waals surface area contributed by atoms with Crippen molar-refractivity contribution in [3.05, 3.63) is 65.7 Å². The van der Waals surface area contributed by atoms with E-state index in [9.17, 15) is 9.90 Å². The average Bonchev–Trinajstić information content (AvgIpc) is 2.64. The van der Waals surface area contributed by atoms with E-state index in [-0.39, 0.29) is 0 Å². The Labute approximate surface area is 142 Å². The maximum Gasteiger partial charge on any atom is 0.273 e. The number of aliphatic hydroxyl groups excluding tert-OH is 1. The molecule has 2 aromatic carbocycles. The van der Waals surface area contributed by atoms with Crippen LogP contribution in [0.5, 0.6) is 0 Å². The number of carbonyl (C=O) groups excluding carboxylic acids is 1. The van der Waals surface area contributed by atoms with E-state index in [1.54, 1.807) is 30.5 Å². The minimum atomic E-state index is -1.23. The number of benzene rings is 2. The lowest BCUT2D eigenvalue weighted by atomic mass is 10.1. The second kappa shape index (κ2) is 8.84. The largest absolute Gasteiger partial charge is 0.378 e. The van der Waals surface area contributed by atoms with Gasteiger partial charge in [-0.25, -0.2) is 5.43 Å². The first-order valence-corrected chi connectivity index (χ1v) is 8.06. The number of hydrogen-bond donors (Lipinski definition) is 2. The molecule has 0 aliphatic rings. The highest BCUT2D eigenvalue weighted by Crippen LogP contribution is 2.14. The van der Waals surface area contributed by atoms with Gasteiger partial charge in [0.2, 0.25) is 0 Å². The lowest BCUT2D eigenvalue weighted by molar-refractivity contribution is -0.129. The summed E-state index contributed by atoms with van der Waals surface area (Å²) in [5.41, 5.74) is 4.92. The van der Waals surface area contributed by atoms with Crippen LogP contribution < -0.4 is 10.3 Å². The lowest BCUT2D eigenvalue weighted by Crippen LogP contribution is -2.25. The van der Waals surface area contributed by atoms with Gasteiger partial charge in [0.15, 0.2) is 6.10 Å². The van der Waals surface area contributed by atoms with Gasteiger partial charge in [-0.3, -0.25) is 4.79 Å². The third-order valence-electron chi connectivity index (χ3n) is 3.77. The van der Waals surface area contributed by atoms with Gasteiger partial charge in [-0.05, 0) is 37.1 Å². The Morgan fingerprint density at radius 3 is 2.33 bits per heavy atom. The highest BCUT2D eigenvalue weighted by atomic mass is 16.3. The molecule has 0 saturated carbocycles. The van der Waals surface area contributed by atoms with Crippen molar-refractivity contribution in [2.24, 2.45) is 5.10 Å². The van der Waals surface area contributed by atoms with Crippen LogP contribution in [-0.2, 0) is 4.79 Å². The molecule has 0 aliphatic heterocycles. The third-order valence-corrected chi connectivity index (χ3v) is 3.77. The summed E-state index contributed by atoms with van der Waals surface area (Å²) in [5.74, 6) is -0.558. The molecule has 1 amide bonds. The van der Waals surface area contributed by atoms with Crippen LogP contribution in [0.25, 0.3) is 0 Å². The van der Waals surface area contributed by atoms with Crippen molar-refractivity contribution in [3.8, 4) is 0 Å². The maximum absolute atomic E-state index is 11.9. The molecule has 0 unspecified atom stereocenters. The molecule has 5 nitrogen and oxygen atoms in total. The van der Waals surface area contributed by atoms with Crippen molar-refractivity contribution in [1.29, 1.82) is 0 Å². The minimum Gasteiger partial charge on any atom is -0.378 e. The van der Waals surface area contributed by atoms with Crippen molar-refractivity contribution in [1.82, 2.24) is 5.43 Å². The Kier molecular flexibility index (Phi) is 6.51. The molecule has 0 radical (unpaired) electrons. The zero-order valence-corrected chi connectivity index (χ0v) is 14.0. The van der Waals surface area contributed by atoms with Crippen LogP contribution in [0.4, 0.5) is 5.69 Å². The number of rotatable bonds is 7. The Morgan fingerprint density at radius 2 is 1.75 bits per heavy atom. The van der Waals surface area contributed by atoms with Crippen molar-refractivity contribution < 1.29 is 9.90 Å². The topological polar surface area (TPSA) is 64.9 Å². The monoisotopic (exact) mass is 325 g/mol. The van der Waals surface area contributed by atoms with Crippen molar-refractivity contribution >= 4 is 17.8 Å². The molecule has 1 atom stereocenters. The molecule has 2 rings (SSSR count). The molecule has 0 saturated heterocycles. The van der Waals surface area contributed by atoms with Crippen LogP contribution in [0.15, 0.2) is 59.7 Å². The van der Waals surface area contributed by atoms with Gasteiger partial charge in [-0.15, -0.1) is 0 Å². The summed E-state index contributed by atoms with van der Waals surface area (Å²) in [6.07, 6.45) is 0.329. The molecule has 24 heavy (non-hydrogen) atoms. The Hall–Kier alpha value is -2.66. The van der Waals surface area contributed by atoms with Crippen LogP contribution in [0.2, 0.25) is 0 Å². The van der Waals surface area contributed by atoms with Crippen LogP contribution in [-0.4, -0.2) is 30.3 Å². The molecule has 0 fully saturated rings. The second-order valence-corrected chi connectivity index (χ2v) is 5.31. The normalized spacial score (nSPS) is 12.1. The number of amides is 1. The molecular weight excluding hydrogens is 302 g/mol. The zero-order chi connectivity index (χ0) is 17.4. The molecule has 0 bridgehead atoms. The number of hydrazone groups is 1. The quantitative estimate of drug-likeness (QED) is 0.608. The number of anilines is 1. The highest BCUT2D eigenvalue weighted by Gasteiger charge is 2.15. The summed E-state index contributed by atoms with van der Waals surface area (Å²) in [6.45, 7) is 6.15. The molecule has 2 aromatic rings. The highest BCUT2D eigenvalue weighted by molar-refractivity contribution is 5.85. The van der Waals surface area contributed by atoms with Gasteiger partial charge in [0.25, 0.3) is 5.91 Å². The number of aliphatic hydroxyl groups is 1. The Morgan fingerprint density at radius 1 is 1.12 bits per heavy atom. The van der Waals surface area contributed by atoms with Gasteiger partial charge in [-0.1, -0.05) is 42.5 Å². The van der Waals surface area contributed by atoms with Crippen LogP contribution in [0.3, 0.4) is 0 Å². The minimum absolute atomic E-state index is 0.536. The van der Waals surface area contributed by atoms with E-state index in [4.69, 9.17) is 0 Å². The molecule has 0 aromatic heterocycles. The van der Waals surface area contributed by atoms with E-state index >= 15 is 0 Å².